The van der Waals surface area contributed by atoms with E-state index in [1.165, 1.54) is 19.3 Å². The van der Waals surface area contributed by atoms with Crippen molar-refractivity contribution in [3.8, 4) is 0 Å². The topological polar surface area (TPSA) is 134 Å². The fourth-order valence-electron chi connectivity index (χ4n) is 6.51. The molecule has 0 fully saturated rings. The summed E-state index contributed by atoms with van der Waals surface area (Å²) in [4.78, 5) is 35.0. The number of phosphoric ester groups is 1. The van der Waals surface area contributed by atoms with Crippen molar-refractivity contribution in [2.24, 2.45) is 5.73 Å². The molecule has 0 radical (unpaired) electrons. The van der Waals surface area contributed by atoms with E-state index in [-0.39, 0.29) is 32.6 Å². The summed E-state index contributed by atoms with van der Waals surface area (Å²) in [5.74, 6) is -0.891. The second kappa shape index (κ2) is 54.2. The predicted octanol–water partition coefficient (Wildman–Crippen LogP) is 16.8. The molecule has 0 rings (SSSR count). The van der Waals surface area contributed by atoms with Crippen molar-refractivity contribution in [3.63, 3.8) is 0 Å². The van der Waals surface area contributed by atoms with Crippen molar-refractivity contribution in [1.29, 1.82) is 0 Å². The van der Waals surface area contributed by atoms with Gasteiger partial charge in [-0.1, -0.05) is 198 Å². The second-order valence-electron chi connectivity index (χ2n) is 17.0. The Morgan fingerprint density at radius 1 is 0.443 bits per heavy atom. The first-order valence-electron chi connectivity index (χ1n) is 26.8. The number of hydrogen-bond donors (Lipinski definition) is 2. The van der Waals surface area contributed by atoms with Crippen molar-refractivity contribution < 1.29 is 37.6 Å². The number of ether oxygens (including phenoxy) is 2. The van der Waals surface area contributed by atoms with E-state index >= 15 is 0 Å². The van der Waals surface area contributed by atoms with E-state index < -0.39 is 32.5 Å². The maximum absolute atomic E-state index is 12.6. The van der Waals surface area contributed by atoms with Crippen molar-refractivity contribution in [2.45, 2.75) is 193 Å². The summed E-state index contributed by atoms with van der Waals surface area (Å²) in [5.41, 5.74) is 5.36. The number of allylic oxidation sites excluding steroid dienone is 24. The molecule has 0 aliphatic heterocycles. The molecule has 10 heteroatoms. The molecule has 3 N–H and O–H groups in total. The summed E-state index contributed by atoms with van der Waals surface area (Å²) >= 11 is 0. The molecular formula is C60H96NO8P. The van der Waals surface area contributed by atoms with Crippen LogP contribution < -0.4 is 5.73 Å². The van der Waals surface area contributed by atoms with Crippen LogP contribution in [0.15, 0.2) is 146 Å². The smallest absolute Gasteiger partial charge is 0.462 e. The van der Waals surface area contributed by atoms with Crippen LogP contribution in [-0.2, 0) is 32.7 Å². The Morgan fingerprint density at radius 3 is 1.20 bits per heavy atom. The highest BCUT2D eigenvalue weighted by Crippen LogP contribution is 2.43. The number of unbranched alkanes of at least 4 members (excludes halogenated alkanes) is 11. The molecule has 0 saturated heterocycles. The zero-order valence-corrected chi connectivity index (χ0v) is 44.6. The van der Waals surface area contributed by atoms with Crippen LogP contribution in [0.3, 0.4) is 0 Å². The van der Waals surface area contributed by atoms with Crippen LogP contribution >= 0.6 is 7.82 Å². The van der Waals surface area contributed by atoms with Gasteiger partial charge in [0.05, 0.1) is 13.2 Å². The largest absolute Gasteiger partial charge is 0.472 e. The van der Waals surface area contributed by atoms with E-state index in [0.29, 0.717) is 12.8 Å². The maximum atomic E-state index is 12.6. The Kier molecular flexibility index (Phi) is 51.0. The van der Waals surface area contributed by atoms with Gasteiger partial charge in [-0.3, -0.25) is 18.6 Å². The number of phosphoric acid groups is 1. The minimum absolute atomic E-state index is 0.0388. The van der Waals surface area contributed by atoms with Gasteiger partial charge in [0, 0.05) is 19.4 Å². The fourth-order valence-corrected chi connectivity index (χ4v) is 7.28. The molecule has 0 aliphatic carbocycles. The molecule has 0 bridgehead atoms. The van der Waals surface area contributed by atoms with Gasteiger partial charge >= 0.3 is 19.8 Å². The summed E-state index contributed by atoms with van der Waals surface area (Å²) in [6, 6.07) is 0. The Labute approximate surface area is 426 Å². The zero-order valence-electron chi connectivity index (χ0n) is 43.7. The highest BCUT2D eigenvalue weighted by Gasteiger charge is 2.26. The normalized spacial score (nSPS) is 14.3. The van der Waals surface area contributed by atoms with Crippen LogP contribution in [0.5, 0.6) is 0 Å². The lowest BCUT2D eigenvalue weighted by molar-refractivity contribution is -0.161. The fraction of sp³-hybridized carbons (Fsp3) is 0.567. The Morgan fingerprint density at radius 2 is 0.786 bits per heavy atom. The third kappa shape index (κ3) is 53.2. The number of hydrogen-bond acceptors (Lipinski definition) is 8. The van der Waals surface area contributed by atoms with Crippen LogP contribution in [0.4, 0.5) is 0 Å². The molecule has 0 aliphatic rings. The van der Waals surface area contributed by atoms with Gasteiger partial charge in [-0.25, -0.2) is 4.57 Å². The van der Waals surface area contributed by atoms with Crippen molar-refractivity contribution in [1.82, 2.24) is 0 Å². The Hall–Kier alpha value is -4.11. The second-order valence-corrected chi connectivity index (χ2v) is 18.5. The van der Waals surface area contributed by atoms with Gasteiger partial charge in [-0.2, -0.15) is 0 Å². The monoisotopic (exact) mass is 990 g/mol. The summed E-state index contributed by atoms with van der Waals surface area (Å²) in [7, 11) is -4.40. The highest BCUT2D eigenvalue weighted by molar-refractivity contribution is 7.47. The lowest BCUT2D eigenvalue weighted by Crippen LogP contribution is -2.29. The standard InChI is InChI=1S/C60H96NO8P/c1-3-5-7-9-11-13-15-17-18-19-20-21-22-23-24-25-26-27-28-29-30-31-32-33-34-35-36-37-38-39-40-41-43-45-47-49-51-53-60(63)69-58(57-68-70(64,65)67-55-54-61)56-66-59(62)52-50-48-46-44-42-16-14-12-10-8-6-4-2/h5,7,11-14,17-18,20-21,23-24,26-27,29-30,32-33,35-36,38-39,41,43,58H,3-4,6,8-10,15-16,19,22,25,28,31,34,37,40,42,44-57,61H2,1-2H3,(H,64,65)/b7-5-,13-11-,14-12-,18-17-,21-20-,24-23-,27-26-,30-29-,33-32-,36-35-,39-38-,43-41-. The Bertz CT molecular complexity index is 1650. The van der Waals surface area contributed by atoms with Gasteiger partial charge < -0.3 is 20.1 Å². The highest BCUT2D eigenvalue weighted by atomic mass is 31.2. The van der Waals surface area contributed by atoms with Gasteiger partial charge in [0.2, 0.25) is 0 Å². The Balaban J connectivity index is 4.11. The van der Waals surface area contributed by atoms with Gasteiger partial charge in [0.25, 0.3) is 0 Å². The summed E-state index contributed by atoms with van der Waals surface area (Å²) in [6.07, 6.45) is 77.6. The van der Waals surface area contributed by atoms with E-state index in [2.05, 4.69) is 160 Å². The lowest BCUT2D eigenvalue weighted by Gasteiger charge is -2.19. The van der Waals surface area contributed by atoms with E-state index in [1.54, 1.807) is 0 Å². The van der Waals surface area contributed by atoms with Crippen molar-refractivity contribution in [3.05, 3.63) is 146 Å². The quantitative estimate of drug-likeness (QED) is 0.0264. The molecule has 394 valence electrons. The first kappa shape index (κ1) is 65.9. The van der Waals surface area contributed by atoms with Crippen molar-refractivity contribution in [2.75, 3.05) is 26.4 Å². The summed E-state index contributed by atoms with van der Waals surface area (Å²) < 4.78 is 32.8. The third-order valence-corrected chi connectivity index (χ3v) is 11.4. The average molecular weight is 990 g/mol. The molecule has 2 unspecified atom stereocenters. The molecular weight excluding hydrogens is 894 g/mol. The molecule has 0 spiro atoms. The molecule has 9 nitrogen and oxygen atoms in total. The minimum Gasteiger partial charge on any atom is -0.462 e. The number of esters is 2. The SMILES string of the molecule is CC/C=C\C/C=C\C/C=C\C/C=C\C/C=C\C/C=C\C/C=C\C/C=C\C/C=C\C/C=C\C/C=C\CCCCCC(=O)OC(COC(=O)CCCCCCC/C=C\CCCCC)COP(=O)(O)OCCN. The number of carbonyl (C=O) groups excluding carboxylic acids is 2. The van der Waals surface area contributed by atoms with Gasteiger partial charge in [0.15, 0.2) is 6.10 Å². The minimum atomic E-state index is -4.40. The van der Waals surface area contributed by atoms with Crippen LogP contribution in [0, 0.1) is 0 Å². The zero-order chi connectivity index (χ0) is 51.0. The van der Waals surface area contributed by atoms with Gasteiger partial charge in [-0.15, -0.1) is 0 Å². The molecule has 0 aromatic carbocycles. The molecule has 0 aromatic rings. The maximum Gasteiger partial charge on any atom is 0.472 e. The van der Waals surface area contributed by atoms with Crippen LogP contribution in [0.25, 0.3) is 0 Å². The van der Waals surface area contributed by atoms with Crippen molar-refractivity contribution >= 4 is 19.8 Å². The van der Waals surface area contributed by atoms with Crippen LogP contribution in [0.1, 0.15) is 187 Å². The van der Waals surface area contributed by atoms with E-state index in [1.807, 2.05) is 0 Å². The van der Waals surface area contributed by atoms with Gasteiger partial charge in [0.1, 0.15) is 6.61 Å². The molecule has 0 heterocycles. The van der Waals surface area contributed by atoms with Crippen LogP contribution in [-0.4, -0.2) is 49.3 Å². The number of carbonyl (C=O) groups is 2. The van der Waals surface area contributed by atoms with Gasteiger partial charge in [-0.05, 0) is 122 Å². The third-order valence-electron chi connectivity index (χ3n) is 10.5. The molecule has 0 aromatic heterocycles. The number of nitrogens with two attached hydrogens (primary N) is 1. The summed E-state index contributed by atoms with van der Waals surface area (Å²) in [5, 5.41) is 0. The molecule has 0 saturated carbocycles. The molecule has 70 heavy (non-hydrogen) atoms. The van der Waals surface area contributed by atoms with Crippen LogP contribution in [0.2, 0.25) is 0 Å². The van der Waals surface area contributed by atoms with E-state index in [0.717, 1.165) is 128 Å². The predicted molar refractivity (Wildman–Crippen MR) is 297 cm³/mol. The lowest BCUT2D eigenvalue weighted by atomic mass is 10.1. The number of rotatable bonds is 48. The van der Waals surface area contributed by atoms with E-state index in [9.17, 15) is 19.0 Å². The first-order chi connectivity index (χ1) is 34.3. The average Bonchev–Trinajstić information content (AvgIpc) is 3.35. The molecule has 0 amide bonds. The van der Waals surface area contributed by atoms with E-state index in [4.69, 9.17) is 24.3 Å². The first-order valence-corrected chi connectivity index (χ1v) is 28.3. The molecule has 2 atom stereocenters. The summed E-state index contributed by atoms with van der Waals surface area (Å²) in [6.45, 7) is 3.51.